The summed E-state index contributed by atoms with van der Waals surface area (Å²) in [5.74, 6) is -0.658. The quantitative estimate of drug-likeness (QED) is 0.258. The Morgan fingerprint density at radius 3 is 2.22 bits per heavy atom. The standard InChI is InChI=1S/C8H18BO11P3/c1-2-7(10)3-4-8(11)16-5-6-17-21(9)18-22(12,13)20-23(14,15)19-21/h2-6H2,1,9H3,(H,12,13)(H,14,15). The zero-order valence-corrected chi connectivity index (χ0v) is 14.1. The molecule has 134 valence electrons. The lowest BCUT2D eigenvalue weighted by molar-refractivity contribution is -0.145. The Kier molecular flexibility index (Phi) is 7.54. The minimum Gasteiger partial charge on any atom is -0.463 e. The summed E-state index contributed by atoms with van der Waals surface area (Å²) in [6, 6.07) is 0. The minimum absolute atomic E-state index is 0.0562. The lowest BCUT2D eigenvalue weighted by atomic mass is 10.2. The second-order valence-corrected chi connectivity index (χ2v) is 8.39. The van der Waals surface area contributed by atoms with Crippen LogP contribution in [0.1, 0.15) is 26.2 Å². The Morgan fingerprint density at radius 2 is 1.70 bits per heavy atom. The fraction of sp³-hybridized carbons (Fsp3) is 0.750. The SMILES string of the molecule is [BH3-][P+]1(OCCOC(=O)CCC(=O)CC)OP(=O)(O)OP(=O)(O)O1. The van der Waals surface area contributed by atoms with E-state index in [1.54, 1.807) is 6.92 Å². The van der Waals surface area contributed by atoms with Gasteiger partial charge in [0.1, 0.15) is 19.0 Å². The first kappa shape index (κ1) is 20.9. The van der Waals surface area contributed by atoms with Crippen LogP contribution < -0.4 is 0 Å². The van der Waals surface area contributed by atoms with Crippen LogP contribution in [0.4, 0.5) is 0 Å². The van der Waals surface area contributed by atoms with Crippen molar-refractivity contribution in [3.63, 3.8) is 0 Å². The Labute approximate surface area is 133 Å². The summed E-state index contributed by atoms with van der Waals surface area (Å²) in [5.41, 5.74) is 0. The monoisotopic (exact) mass is 394 g/mol. The highest BCUT2D eigenvalue weighted by atomic mass is 31.3. The summed E-state index contributed by atoms with van der Waals surface area (Å²) >= 11 is 0. The highest BCUT2D eigenvalue weighted by Gasteiger charge is 2.57. The molecule has 2 atom stereocenters. The molecule has 0 amide bonds. The predicted octanol–water partition coefficient (Wildman–Crippen LogP) is 0.613. The average molecular weight is 394 g/mol. The molecule has 11 nitrogen and oxygen atoms in total. The summed E-state index contributed by atoms with van der Waals surface area (Å²) in [6.07, 6.45) is 0.371. The lowest BCUT2D eigenvalue weighted by Gasteiger charge is -2.31. The van der Waals surface area contributed by atoms with Gasteiger partial charge in [-0.15, -0.1) is 8.62 Å². The van der Waals surface area contributed by atoms with E-state index >= 15 is 0 Å². The van der Waals surface area contributed by atoms with E-state index in [9.17, 15) is 28.5 Å². The van der Waals surface area contributed by atoms with E-state index < -0.39 is 37.0 Å². The molecule has 1 heterocycles. The van der Waals surface area contributed by atoms with Gasteiger partial charge in [-0.25, -0.2) is 13.7 Å². The summed E-state index contributed by atoms with van der Waals surface area (Å²) in [4.78, 5) is 40.8. The van der Waals surface area contributed by atoms with Crippen molar-refractivity contribution in [3.05, 3.63) is 0 Å². The van der Waals surface area contributed by atoms with Crippen LogP contribution in [0.5, 0.6) is 0 Å². The van der Waals surface area contributed by atoms with E-state index in [0.29, 0.717) is 6.42 Å². The first-order valence-corrected chi connectivity index (χ1v) is 10.1. The zero-order chi connectivity index (χ0) is 17.7. The highest BCUT2D eigenvalue weighted by Crippen LogP contribution is 2.83. The molecule has 2 N–H and O–H groups in total. The molecular formula is C8H18BO11P3. The largest absolute Gasteiger partial charge is 0.515 e. The fourth-order valence-corrected chi connectivity index (χ4v) is 5.30. The summed E-state index contributed by atoms with van der Waals surface area (Å²) < 4.78 is 45.8. The third-order valence-electron chi connectivity index (χ3n) is 2.09. The van der Waals surface area contributed by atoms with Crippen molar-refractivity contribution < 1.29 is 50.7 Å². The van der Waals surface area contributed by atoms with E-state index in [-0.39, 0.29) is 31.8 Å². The van der Waals surface area contributed by atoms with E-state index in [1.165, 1.54) is 0 Å². The third kappa shape index (κ3) is 7.98. The van der Waals surface area contributed by atoms with Gasteiger partial charge in [-0.05, 0) is 0 Å². The van der Waals surface area contributed by atoms with Crippen LogP contribution in [0, 0.1) is 0 Å². The Morgan fingerprint density at radius 1 is 1.13 bits per heavy atom. The van der Waals surface area contributed by atoms with Crippen molar-refractivity contribution in [2.24, 2.45) is 0 Å². The highest BCUT2D eigenvalue weighted by molar-refractivity contribution is 7.94. The van der Waals surface area contributed by atoms with Gasteiger partial charge < -0.3 is 14.5 Å². The number of hydrogen-bond acceptors (Lipinski definition) is 9. The van der Waals surface area contributed by atoms with Crippen LogP contribution in [0.15, 0.2) is 0 Å². The molecule has 23 heavy (non-hydrogen) atoms. The zero-order valence-electron chi connectivity index (χ0n) is 11.4. The van der Waals surface area contributed by atoms with E-state index in [0.717, 1.165) is 0 Å². The molecule has 0 aromatic rings. The number of ketones is 1. The Hall–Kier alpha value is -0.145. The van der Waals surface area contributed by atoms with E-state index in [4.69, 9.17) is 9.26 Å². The summed E-state index contributed by atoms with van der Waals surface area (Å²) in [7, 11) is -13.8. The third-order valence-corrected chi connectivity index (χ3v) is 6.85. The number of carbonyl (C=O) groups excluding carboxylic acids is 2. The van der Waals surface area contributed by atoms with E-state index in [2.05, 4.69) is 12.9 Å². The van der Waals surface area contributed by atoms with Crippen LogP contribution >= 0.6 is 23.5 Å². The summed E-state index contributed by atoms with van der Waals surface area (Å²) in [5, 5.41) is 0. The molecule has 1 fully saturated rings. The molecule has 0 bridgehead atoms. The topological polar surface area (TPSA) is 155 Å². The molecule has 1 saturated heterocycles. The number of hydrogen-bond donors (Lipinski definition) is 2. The van der Waals surface area contributed by atoms with E-state index in [1.807, 2.05) is 0 Å². The number of phosphoric acid groups is 2. The number of esters is 1. The van der Waals surface area contributed by atoms with Crippen molar-refractivity contribution in [3.8, 4) is 0 Å². The normalized spacial score (nSPS) is 34.1. The minimum atomic E-state index is -4.72. The number of carbonyl (C=O) groups is 2. The smallest absolute Gasteiger partial charge is 0.463 e. The van der Waals surface area contributed by atoms with Gasteiger partial charge in [0.25, 0.3) is 7.82 Å². The van der Waals surface area contributed by atoms with Crippen molar-refractivity contribution in [2.45, 2.75) is 26.2 Å². The van der Waals surface area contributed by atoms with Crippen LogP contribution in [-0.2, 0) is 40.9 Å². The van der Waals surface area contributed by atoms with Gasteiger partial charge >= 0.3 is 21.6 Å². The number of ether oxygens (including phenoxy) is 1. The Balaban J connectivity index is 2.37. The van der Waals surface area contributed by atoms with Gasteiger partial charge in [0.05, 0.1) is 6.42 Å². The molecule has 0 radical (unpaired) electrons. The maximum Gasteiger partial charge on any atom is 0.515 e. The average Bonchev–Trinajstić information content (AvgIpc) is 2.36. The van der Waals surface area contributed by atoms with Crippen LogP contribution in [0.3, 0.4) is 0 Å². The van der Waals surface area contributed by atoms with Gasteiger partial charge in [0, 0.05) is 12.8 Å². The molecule has 0 aromatic carbocycles. The van der Waals surface area contributed by atoms with Gasteiger partial charge in [-0.2, -0.15) is 4.31 Å². The van der Waals surface area contributed by atoms with Gasteiger partial charge in [-0.1, -0.05) is 6.92 Å². The van der Waals surface area contributed by atoms with Gasteiger partial charge in [-0.3, -0.25) is 9.59 Å². The molecule has 15 heteroatoms. The number of Topliss-reactive ketones (excluding diaryl/α,β-unsaturated/α-hetero) is 1. The maximum absolute atomic E-state index is 11.4. The molecule has 0 spiro atoms. The fourth-order valence-electron chi connectivity index (χ4n) is 1.15. The van der Waals surface area contributed by atoms with Gasteiger partial charge in [0.15, 0.2) is 0 Å². The van der Waals surface area contributed by atoms with Crippen LogP contribution in [0.2, 0.25) is 0 Å². The molecule has 1 aliphatic rings. The second-order valence-electron chi connectivity index (χ2n) is 3.85. The first-order valence-electron chi connectivity index (χ1n) is 6.00. The molecule has 1 rings (SSSR count). The second kappa shape index (κ2) is 8.29. The van der Waals surface area contributed by atoms with Crippen molar-refractivity contribution in [2.75, 3.05) is 13.2 Å². The Bertz CT molecular complexity index is 527. The molecule has 1 aliphatic heterocycles. The molecule has 0 saturated carbocycles. The maximum atomic E-state index is 11.4. The van der Waals surface area contributed by atoms with Crippen LogP contribution in [0.25, 0.3) is 0 Å². The van der Waals surface area contributed by atoms with Gasteiger partial charge in [0.2, 0.25) is 7.57 Å². The van der Waals surface area contributed by atoms with Crippen molar-refractivity contribution in [1.82, 2.24) is 0 Å². The van der Waals surface area contributed by atoms with Crippen molar-refractivity contribution in [1.29, 1.82) is 0 Å². The lowest BCUT2D eigenvalue weighted by Crippen LogP contribution is -2.16. The molecule has 0 aromatic heterocycles. The summed E-state index contributed by atoms with van der Waals surface area (Å²) in [6.45, 7) is 1.23. The molecular weight excluding hydrogens is 376 g/mol. The van der Waals surface area contributed by atoms with Crippen LogP contribution in [-0.4, -0.2) is 42.3 Å². The first-order chi connectivity index (χ1) is 10.5. The number of rotatable bonds is 8. The predicted molar refractivity (Wildman–Crippen MR) is 81.2 cm³/mol. The van der Waals surface area contributed by atoms with Crippen molar-refractivity contribution >= 4 is 42.8 Å². The molecule has 0 aliphatic carbocycles. The molecule has 2 unspecified atom stereocenters.